The Bertz CT molecular complexity index is 669. The van der Waals surface area contributed by atoms with Crippen molar-refractivity contribution in [2.45, 2.75) is 57.4 Å². The predicted molar refractivity (Wildman–Crippen MR) is 123 cm³/mol. The lowest BCUT2D eigenvalue weighted by Gasteiger charge is -2.30. The standard InChI is InChI=1S/C19H30N4O2S.HI/c1-3-21-19(22-13-14-7-5-8-15(11-14)18(20)24)23-16-9-6-10-17(12-16)26(25)4-2;/h5,7-8,11,16-17H,3-4,6,9-10,12-13H2,1-2H3,(H2,20,24)(H2,21,22,23);1H. The highest BCUT2D eigenvalue weighted by Gasteiger charge is 2.26. The van der Waals surface area contributed by atoms with Gasteiger partial charge in [0.2, 0.25) is 5.91 Å². The third-order valence-electron chi connectivity index (χ3n) is 4.60. The number of hydrogen-bond donors (Lipinski definition) is 3. The Hall–Kier alpha value is -1.16. The largest absolute Gasteiger partial charge is 0.366 e. The van der Waals surface area contributed by atoms with Gasteiger partial charge < -0.3 is 16.4 Å². The summed E-state index contributed by atoms with van der Waals surface area (Å²) in [7, 11) is -0.737. The number of halogens is 1. The molecule has 4 N–H and O–H groups in total. The normalized spacial score (nSPS) is 21.0. The number of primary amides is 1. The molecule has 0 bridgehead atoms. The molecular weight excluding hydrogens is 475 g/mol. The van der Waals surface area contributed by atoms with E-state index in [2.05, 4.69) is 15.6 Å². The minimum atomic E-state index is -0.737. The van der Waals surface area contributed by atoms with E-state index in [1.165, 1.54) is 0 Å². The summed E-state index contributed by atoms with van der Waals surface area (Å²) in [6, 6.07) is 7.52. The molecule has 3 unspecified atom stereocenters. The Balaban J connectivity index is 0.00000364. The maximum atomic E-state index is 12.1. The fourth-order valence-corrected chi connectivity index (χ4v) is 4.61. The van der Waals surface area contributed by atoms with Crippen LogP contribution in [0.3, 0.4) is 0 Å². The van der Waals surface area contributed by atoms with Crippen molar-refractivity contribution < 1.29 is 9.00 Å². The Morgan fingerprint density at radius 1 is 1.33 bits per heavy atom. The van der Waals surface area contributed by atoms with Crippen LogP contribution >= 0.6 is 24.0 Å². The Morgan fingerprint density at radius 3 is 2.78 bits per heavy atom. The number of nitrogens with one attached hydrogen (secondary N) is 2. The van der Waals surface area contributed by atoms with Gasteiger partial charge in [-0.1, -0.05) is 25.5 Å². The average Bonchev–Trinajstić information content (AvgIpc) is 2.66. The van der Waals surface area contributed by atoms with E-state index in [1.807, 2.05) is 26.0 Å². The molecule has 0 aliphatic heterocycles. The van der Waals surface area contributed by atoms with E-state index in [0.29, 0.717) is 18.2 Å². The average molecular weight is 506 g/mol. The monoisotopic (exact) mass is 506 g/mol. The first kappa shape index (κ1) is 23.9. The van der Waals surface area contributed by atoms with E-state index in [9.17, 15) is 9.00 Å². The van der Waals surface area contributed by atoms with Crippen molar-refractivity contribution >= 4 is 46.6 Å². The van der Waals surface area contributed by atoms with Crippen LogP contribution in [0.2, 0.25) is 0 Å². The molecule has 6 nitrogen and oxygen atoms in total. The van der Waals surface area contributed by atoms with Crippen LogP contribution in [0.25, 0.3) is 0 Å². The van der Waals surface area contributed by atoms with Crippen LogP contribution in [-0.4, -0.2) is 39.7 Å². The first-order chi connectivity index (χ1) is 12.5. The Labute approximate surface area is 181 Å². The smallest absolute Gasteiger partial charge is 0.248 e. The van der Waals surface area contributed by atoms with Gasteiger partial charge in [-0.25, -0.2) is 4.99 Å². The molecule has 1 amide bonds. The van der Waals surface area contributed by atoms with Gasteiger partial charge in [0.15, 0.2) is 5.96 Å². The van der Waals surface area contributed by atoms with Gasteiger partial charge in [0, 0.05) is 40.0 Å². The first-order valence-corrected chi connectivity index (χ1v) is 10.7. The van der Waals surface area contributed by atoms with Crippen molar-refractivity contribution in [3.05, 3.63) is 35.4 Å². The fourth-order valence-electron chi connectivity index (χ4n) is 3.26. The van der Waals surface area contributed by atoms with Gasteiger partial charge in [0.25, 0.3) is 0 Å². The number of rotatable bonds is 7. The zero-order valence-corrected chi connectivity index (χ0v) is 19.2. The van der Waals surface area contributed by atoms with Gasteiger partial charge in [-0.3, -0.25) is 9.00 Å². The first-order valence-electron chi connectivity index (χ1n) is 9.34. The number of amides is 1. The van der Waals surface area contributed by atoms with Crippen LogP contribution in [0, 0.1) is 0 Å². The maximum absolute atomic E-state index is 12.1. The fraction of sp³-hybridized carbons (Fsp3) is 0.579. The molecule has 0 spiro atoms. The number of guanidine groups is 1. The molecule has 3 atom stereocenters. The second-order valence-corrected chi connectivity index (χ2v) is 8.56. The van der Waals surface area contributed by atoms with Gasteiger partial charge in [0.05, 0.1) is 6.54 Å². The van der Waals surface area contributed by atoms with Gasteiger partial charge in [-0.2, -0.15) is 0 Å². The molecule has 1 aliphatic carbocycles. The lowest BCUT2D eigenvalue weighted by molar-refractivity contribution is 0.1000. The molecular formula is C19H31IN4O2S. The summed E-state index contributed by atoms with van der Waals surface area (Å²) in [6.07, 6.45) is 4.13. The second-order valence-electron chi connectivity index (χ2n) is 6.56. The van der Waals surface area contributed by atoms with E-state index in [-0.39, 0.29) is 29.2 Å². The minimum Gasteiger partial charge on any atom is -0.366 e. The Morgan fingerprint density at radius 2 is 2.11 bits per heavy atom. The summed E-state index contributed by atoms with van der Waals surface area (Å²) >= 11 is 0. The van der Waals surface area contributed by atoms with Gasteiger partial charge in [-0.05, 0) is 43.9 Å². The molecule has 152 valence electrons. The highest BCUT2D eigenvalue weighted by atomic mass is 127. The summed E-state index contributed by atoms with van der Waals surface area (Å²) in [5, 5.41) is 7.03. The zero-order chi connectivity index (χ0) is 18.9. The van der Waals surface area contributed by atoms with Gasteiger partial charge >= 0.3 is 0 Å². The Kier molecular flexibility index (Phi) is 10.9. The van der Waals surface area contributed by atoms with E-state index < -0.39 is 16.7 Å². The van der Waals surface area contributed by atoms with Crippen LogP contribution in [0.4, 0.5) is 0 Å². The minimum absolute atomic E-state index is 0. The van der Waals surface area contributed by atoms with Crippen LogP contribution in [0.5, 0.6) is 0 Å². The number of aliphatic imine (C=N–C) groups is 1. The van der Waals surface area contributed by atoms with Crippen LogP contribution < -0.4 is 16.4 Å². The summed E-state index contributed by atoms with van der Waals surface area (Å²) in [4.78, 5) is 15.9. The molecule has 1 aromatic carbocycles. The van der Waals surface area contributed by atoms with Crippen molar-refractivity contribution in [1.29, 1.82) is 0 Å². The molecule has 0 radical (unpaired) electrons. The molecule has 0 heterocycles. The molecule has 1 aromatic rings. The second kappa shape index (κ2) is 12.3. The summed E-state index contributed by atoms with van der Waals surface area (Å²) in [5.41, 5.74) is 6.76. The van der Waals surface area contributed by atoms with Crippen molar-refractivity contribution in [2.75, 3.05) is 12.3 Å². The number of nitrogens with zero attached hydrogens (tertiary/aromatic N) is 1. The molecule has 1 fully saturated rings. The summed E-state index contributed by atoms with van der Waals surface area (Å²) in [5.74, 6) is 1.05. The van der Waals surface area contributed by atoms with E-state index in [1.54, 1.807) is 12.1 Å². The van der Waals surface area contributed by atoms with Crippen molar-refractivity contribution in [2.24, 2.45) is 10.7 Å². The van der Waals surface area contributed by atoms with Crippen LogP contribution in [0.1, 0.15) is 55.5 Å². The zero-order valence-electron chi connectivity index (χ0n) is 16.1. The third-order valence-corrected chi connectivity index (χ3v) is 6.34. The SMILES string of the molecule is CCNC(=NCc1cccc(C(N)=O)c1)NC1CCCC(S(=O)CC)C1.I. The maximum Gasteiger partial charge on any atom is 0.248 e. The number of carbonyl (C=O) groups excluding carboxylic acids is 1. The molecule has 27 heavy (non-hydrogen) atoms. The molecule has 8 heteroatoms. The summed E-state index contributed by atoms with van der Waals surface area (Å²) < 4.78 is 12.1. The topological polar surface area (TPSA) is 96.6 Å². The van der Waals surface area contributed by atoms with Crippen molar-refractivity contribution in [3.8, 4) is 0 Å². The van der Waals surface area contributed by atoms with E-state index in [0.717, 1.165) is 49.5 Å². The van der Waals surface area contributed by atoms with Crippen molar-refractivity contribution in [1.82, 2.24) is 10.6 Å². The van der Waals surface area contributed by atoms with Crippen molar-refractivity contribution in [3.63, 3.8) is 0 Å². The van der Waals surface area contributed by atoms with Crippen LogP contribution in [0.15, 0.2) is 29.3 Å². The molecule has 0 saturated heterocycles. The molecule has 1 aliphatic rings. The molecule has 1 saturated carbocycles. The summed E-state index contributed by atoms with van der Waals surface area (Å²) in [6.45, 7) is 5.25. The molecule has 0 aromatic heterocycles. The quantitative estimate of drug-likeness (QED) is 0.301. The van der Waals surface area contributed by atoms with Gasteiger partial charge in [-0.15, -0.1) is 24.0 Å². The predicted octanol–water partition coefficient (Wildman–Crippen LogP) is 2.54. The lowest BCUT2D eigenvalue weighted by atomic mass is 9.95. The number of carbonyl (C=O) groups is 1. The van der Waals surface area contributed by atoms with E-state index >= 15 is 0 Å². The number of benzene rings is 1. The number of nitrogens with two attached hydrogens (primary N) is 1. The van der Waals surface area contributed by atoms with E-state index in [4.69, 9.17) is 5.73 Å². The highest BCUT2D eigenvalue weighted by Crippen LogP contribution is 2.23. The van der Waals surface area contributed by atoms with Gasteiger partial charge in [0.1, 0.15) is 0 Å². The third kappa shape index (κ3) is 7.77. The lowest BCUT2D eigenvalue weighted by Crippen LogP contribution is -2.46. The number of hydrogen-bond acceptors (Lipinski definition) is 3. The highest BCUT2D eigenvalue weighted by molar-refractivity contribution is 14.0. The molecule has 2 rings (SSSR count). The van der Waals surface area contributed by atoms with Crippen LogP contribution in [-0.2, 0) is 17.3 Å².